The number of hydrogen-bond acceptors (Lipinski definition) is 3. The molecular formula is C15H20ClN3O3. The maximum Gasteiger partial charge on any atom is 0.321 e. The van der Waals surface area contributed by atoms with Crippen molar-refractivity contribution in [3.05, 3.63) is 23.2 Å². The zero-order valence-corrected chi connectivity index (χ0v) is 13.6. The Morgan fingerprint density at radius 2 is 2.09 bits per heavy atom. The Morgan fingerprint density at radius 1 is 1.41 bits per heavy atom. The fourth-order valence-corrected chi connectivity index (χ4v) is 2.92. The minimum atomic E-state index is -0.879. The van der Waals surface area contributed by atoms with Crippen molar-refractivity contribution < 1.29 is 14.7 Å². The number of rotatable bonds is 3. The molecule has 0 bridgehead atoms. The number of carboxylic acids is 1. The van der Waals surface area contributed by atoms with Gasteiger partial charge in [-0.15, -0.1) is 0 Å². The van der Waals surface area contributed by atoms with Gasteiger partial charge in [-0.25, -0.2) is 4.79 Å². The Balaban J connectivity index is 2.14. The number of benzene rings is 1. The summed E-state index contributed by atoms with van der Waals surface area (Å²) in [6, 6.07) is 4.97. The number of carbonyl (C=O) groups is 2. The van der Waals surface area contributed by atoms with E-state index in [1.165, 1.54) is 4.90 Å². The van der Waals surface area contributed by atoms with Crippen LogP contribution in [0.5, 0.6) is 0 Å². The molecule has 120 valence electrons. The van der Waals surface area contributed by atoms with E-state index in [0.29, 0.717) is 23.7 Å². The summed E-state index contributed by atoms with van der Waals surface area (Å²) in [7, 11) is 3.68. The summed E-state index contributed by atoms with van der Waals surface area (Å²) in [5.74, 6) is -0.875. The number of nitrogens with zero attached hydrogens (tertiary/aromatic N) is 2. The molecule has 6 nitrogen and oxygen atoms in total. The summed E-state index contributed by atoms with van der Waals surface area (Å²) < 4.78 is 0. The van der Waals surface area contributed by atoms with E-state index in [0.717, 1.165) is 5.69 Å². The molecule has 0 aromatic heterocycles. The van der Waals surface area contributed by atoms with Gasteiger partial charge in [0, 0.05) is 27.2 Å². The van der Waals surface area contributed by atoms with E-state index in [2.05, 4.69) is 5.32 Å². The summed E-state index contributed by atoms with van der Waals surface area (Å²) in [4.78, 5) is 27.0. The molecule has 0 radical (unpaired) electrons. The molecule has 1 aliphatic heterocycles. The monoisotopic (exact) mass is 325 g/mol. The molecule has 1 heterocycles. The fraction of sp³-hybridized carbons (Fsp3) is 0.467. The van der Waals surface area contributed by atoms with E-state index in [-0.39, 0.29) is 12.6 Å². The highest BCUT2D eigenvalue weighted by Crippen LogP contribution is 2.34. The van der Waals surface area contributed by atoms with Crippen LogP contribution in [0.4, 0.5) is 16.2 Å². The third-order valence-corrected chi connectivity index (χ3v) is 4.26. The first-order valence-corrected chi connectivity index (χ1v) is 7.37. The highest BCUT2D eigenvalue weighted by Gasteiger charge is 2.42. The van der Waals surface area contributed by atoms with Crippen molar-refractivity contribution in [3.8, 4) is 0 Å². The van der Waals surface area contributed by atoms with Crippen LogP contribution in [-0.4, -0.2) is 49.2 Å². The number of para-hydroxylation sites is 1. The number of amides is 2. The van der Waals surface area contributed by atoms with Crippen molar-refractivity contribution in [2.45, 2.75) is 13.3 Å². The largest absolute Gasteiger partial charge is 0.481 e. The predicted octanol–water partition coefficient (Wildman–Crippen LogP) is 2.73. The Hall–Kier alpha value is -1.95. The van der Waals surface area contributed by atoms with Gasteiger partial charge in [0.2, 0.25) is 0 Å². The standard InChI is InChI=1S/C15H20ClN3O3/c1-15(13(20)21)7-8-19(9-15)14(22)17-11-6-4-5-10(16)12(11)18(2)3/h4-6H,7-9H2,1-3H3,(H,17,22)(H,20,21). The number of carbonyl (C=O) groups excluding carboxylic acids is 1. The molecule has 2 N–H and O–H groups in total. The van der Waals surface area contributed by atoms with Crippen LogP contribution in [-0.2, 0) is 4.79 Å². The molecule has 1 fully saturated rings. The topological polar surface area (TPSA) is 72.9 Å². The van der Waals surface area contributed by atoms with Crippen LogP contribution in [0.1, 0.15) is 13.3 Å². The molecule has 2 rings (SSSR count). The molecule has 0 spiro atoms. The second-order valence-corrected chi connectivity index (χ2v) is 6.41. The van der Waals surface area contributed by atoms with Gasteiger partial charge in [-0.2, -0.15) is 0 Å². The maximum absolute atomic E-state index is 12.4. The van der Waals surface area contributed by atoms with Crippen LogP contribution >= 0.6 is 11.6 Å². The van der Waals surface area contributed by atoms with Gasteiger partial charge in [0.25, 0.3) is 0 Å². The highest BCUT2D eigenvalue weighted by molar-refractivity contribution is 6.34. The zero-order chi connectivity index (χ0) is 16.5. The number of hydrogen-bond donors (Lipinski definition) is 2. The number of carboxylic acid groups (broad SMARTS) is 1. The lowest BCUT2D eigenvalue weighted by Gasteiger charge is -2.23. The molecule has 7 heteroatoms. The SMILES string of the molecule is CN(C)c1c(Cl)cccc1NC(=O)N1CCC(C)(C(=O)O)C1. The molecule has 1 saturated heterocycles. The summed E-state index contributed by atoms with van der Waals surface area (Å²) in [5, 5.41) is 12.6. The van der Waals surface area contributed by atoms with Crippen LogP contribution in [0, 0.1) is 5.41 Å². The second kappa shape index (κ2) is 6.04. The smallest absolute Gasteiger partial charge is 0.321 e. The van der Waals surface area contributed by atoms with E-state index in [1.807, 2.05) is 19.0 Å². The van der Waals surface area contributed by atoms with Gasteiger partial charge >= 0.3 is 12.0 Å². The van der Waals surface area contributed by atoms with E-state index in [1.54, 1.807) is 25.1 Å². The van der Waals surface area contributed by atoms with E-state index < -0.39 is 11.4 Å². The summed E-state index contributed by atoms with van der Waals surface area (Å²) in [6.45, 7) is 2.28. The molecular weight excluding hydrogens is 306 g/mol. The predicted molar refractivity (Wildman–Crippen MR) is 86.7 cm³/mol. The number of aliphatic carboxylic acids is 1. The van der Waals surface area contributed by atoms with Crippen LogP contribution < -0.4 is 10.2 Å². The lowest BCUT2D eigenvalue weighted by atomic mass is 9.90. The van der Waals surface area contributed by atoms with Crippen molar-refractivity contribution in [1.82, 2.24) is 4.90 Å². The van der Waals surface area contributed by atoms with Gasteiger partial charge in [-0.1, -0.05) is 17.7 Å². The van der Waals surface area contributed by atoms with Gasteiger partial charge in [-0.3, -0.25) is 4.79 Å². The molecule has 2 amide bonds. The van der Waals surface area contributed by atoms with Crippen LogP contribution in [0.2, 0.25) is 5.02 Å². The van der Waals surface area contributed by atoms with Crippen LogP contribution in [0.15, 0.2) is 18.2 Å². The summed E-state index contributed by atoms with van der Waals surface area (Å²) in [5.41, 5.74) is 0.444. The molecule has 1 unspecified atom stereocenters. The first kappa shape index (κ1) is 16.4. The lowest BCUT2D eigenvalue weighted by molar-refractivity contribution is -0.146. The van der Waals surface area contributed by atoms with Crippen molar-refractivity contribution in [2.75, 3.05) is 37.4 Å². The fourth-order valence-electron chi connectivity index (χ4n) is 2.57. The van der Waals surface area contributed by atoms with Crippen LogP contribution in [0.25, 0.3) is 0 Å². The molecule has 1 aromatic carbocycles. The van der Waals surface area contributed by atoms with Gasteiger partial charge in [0.05, 0.1) is 21.8 Å². The normalized spacial score (nSPS) is 20.8. The molecule has 1 aliphatic rings. The molecule has 22 heavy (non-hydrogen) atoms. The number of likely N-dealkylation sites (tertiary alicyclic amines) is 1. The maximum atomic E-state index is 12.4. The quantitative estimate of drug-likeness (QED) is 0.896. The Morgan fingerprint density at radius 3 is 2.64 bits per heavy atom. The lowest BCUT2D eigenvalue weighted by Crippen LogP contribution is -2.37. The minimum Gasteiger partial charge on any atom is -0.481 e. The van der Waals surface area contributed by atoms with E-state index in [4.69, 9.17) is 11.6 Å². The van der Waals surface area contributed by atoms with E-state index >= 15 is 0 Å². The van der Waals surface area contributed by atoms with Gasteiger partial charge in [0.15, 0.2) is 0 Å². The molecule has 0 aliphatic carbocycles. The zero-order valence-electron chi connectivity index (χ0n) is 12.9. The number of nitrogens with one attached hydrogen (secondary N) is 1. The first-order valence-electron chi connectivity index (χ1n) is 7.00. The summed E-state index contributed by atoms with van der Waals surface area (Å²) in [6.07, 6.45) is 0.450. The van der Waals surface area contributed by atoms with E-state index in [9.17, 15) is 14.7 Å². The second-order valence-electron chi connectivity index (χ2n) is 6.00. The highest BCUT2D eigenvalue weighted by atomic mass is 35.5. The van der Waals surface area contributed by atoms with Crippen molar-refractivity contribution in [2.24, 2.45) is 5.41 Å². The Kier molecular flexibility index (Phi) is 4.51. The van der Waals surface area contributed by atoms with Gasteiger partial charge < -0.3 is 20.2 Å². The number of anilines is 2. The van der Waals surface area contributed by atoms with Crippen molar-refractivity contribution in [3.63, 3.8) is 0 Å². The van der Waals surface area contributed by atoms with Gasteiger partial charge in [-0.05, 0) is 25.5 Å². The van der Waals surface area contributed by atoms with Crippen molar-refractivity contribution >= 4 is 35.0 Å². The van der Waals surface area contributed by atoms with Crippen LogP contribution in [0.3, 0.4) is 0 Å². The Bertz CT molecular complexity index is 606. The molecule has 1 atom stereocenters. The average molecular weight is 326 g/mol. The average Bonchev–Trinajstić information content (AvgIpc) is 2.82. The van der Waals surface area contributed by atoms with Gasteiger partial charge in [0.1, 0.15) is 0 Å². The molecule has 1 aromatic rings. The third kappa shape index (κ3) is 3.11. The molecule has 0 saturated carbocycles. The third-order valence-electron chi connectivity index (χ3n) is 3.95. The number of halogens is 1. The first-order chi connectivity index (χ1) is 10.2. The number of urea groups is 1. The minimum absolute atomic E-state index is 0.200. The summed E-state index contributed by atoms with van der Waals surface area (Å²) >= 11 is 6.17. The Labute approximate surface area is 134 Å². The van der Waals surface area contributed by atoms with Crippen molar-refractivity contribution in [1.29, 1.82) is 0 Å².